The van der Waals surface area contributed by atoms with Crippen molar-refractivity contribution in [3.05, 3.63) is 29.3 Å². The van der Waals surface area contributed by atoms with Gasteiger partial charge >= 0.3 is 0 Å². The van der Waals surface area contributed by atoms with Crippen LogP contribution in [-0.2, 0) is 6.42 Å². The third-order valence-corrected chi connectivity index (χ3v) is 2.38. The summed E-state index contributed by atoms with van der Waals surface area (Å²) < 4.78 is 5.50. The molecule has 0 heterocycles. The summed E-state index contributed by atoms with van der Waals surface area (Å²) in [5.41, 5.74) is 2.60. The molecule has 2 heteroatoms. The molecule has 0 aliphatic heterocycles. The summed E-state index contributed by atoms with van der Waals surface area (Å²) in [4.78, 5) is 0. The maximum atomic E-state index is 5.50. The van der Waals surface area contributed by atoms with Crippen molar-refractivity contribution in [2.45, 2.75) is 27.2 Å². The highest BCUT2D eigenvalue weighted by atomic mass is 16.5. The SMILES string of the molecule is CCNCCc1ccc(OCC)c(C)c1. The molecule has 1 rings (SSSR count). The molecule has 0 aromatic heterocycles. The molecule has 0 spiro atoms. The van der Waals surface area contributed by atoms with Gasteiger partial charge in [0.2, 0.25) is 0 Å². The number of aryl methyl sites for hydroxylation is 1. The fourth-order valence-corrected chi connectivity index (χ4v) is 1.59. The Kier molecular flexibility index (Phi) is 5.19. The fourth-order valence-electron chi connectivity index (χ4n) is 1.59. The van der Waals surface area contributed by atoms with E-state index in [0.29, 0.717) is 0 Å². The van der Waals surface area contributed by atoms with Crippen LogP contribution in [0.1, 0.15) is 25.0 Å². The normalized spacial score (nSPS) is 10.3. The van der Waals surface area contributed by atoms with Crippen molar-refractivity contribution in [1.29, 1.82) is 0 Å². The van der Waals surface area contributed by atoms with E-state index in [1.54, 1.807) is 0 Å². The van der Waals surface area contributed by atoms with E-state index in [1.165, 1.54) is 11.1 Å². The second-order valence-electron chi connectivity index (χ2n) is 3.64. The predicted molar refractivity (Wildman–Crippen MR) is 64.6 cm³/mol. The van der Waals surface area contributed by atoms with E-state index in [4.69, 9.17) is 4.74 Å². The van der Waals surface area contributed by atoms with E-state index >= 15 is 0 Å². The molecule has 2 nitrogen and oxygen atoms in total. The average Bonchev–Trinajstić information content (AvgIpc) is 2.23. The molecule has 1 aromatic rings. The van der Waals surface area contributed by atoms with Gasteiger partial charge in [0.05, 0.1) is 6.61 Å². The Bertz CT molecular complexity index is 297. The Morgan fingerprint density at radius 3 is 2.67 bits per heavy atom. The van der Waals surface area contributed by atoms with Gasteiger partial charge in [-0.05, 0) is 50.6 Å². The maximum Gasteiger partial charge on any atom is 0.122 e. The quantitative estimate of drug-likeness (QED) is 0.724. The number of rotatable bonds is 6. The molecule has 0 saturated heterocycles. The smallest absolute Gasteiger partial charge is 0.122 e. The standard InChI is InChI=1S/C13H21NO/c1-4-14-9-8-12-6-7-13(15-5-2)11(3)10-12/h6-7,10,14H,4-5,8-9H2,1-3H3. The van der Waals surface area contributed by atoms with Gasteiger partial charge in [-0.25, -0.2) is 0 Å². The molecular weight excluding hydrogens is 186 g/mol. The number of ether oxygens (including phenoxy) is 1. The van der Waals surface area contributed by atoms with E-state index in [9.17, 15) is 0 Å². The van der Waals surface area contributed by atoms with Crippen molar-refractivity contribution in [2.24, 2.45) is 0 Å². The highest BCUT2D eigenvalue weighted by Crippen LogP contribution is 2.19. The number of hydrogen-bond acceptors (Lipinski definition) is 2. The summed E-state index contributed by atoms with van der Waals surface area (Å²) in [6, 6.07) is 6.43. The molecule has 0 atom stereocenters. The molecule has 0 saturated carbocycles. The van der Waals surface area contributed by atoms with Crippen LogP contribution >= 0.6 is 0 Å². The van der Waals surface area contributed by atoms with Gasteiger partial charge in [0, 0.05) is 0 Å². The van der Waals surface area contributed by atoms with Gasteiger partial charge in [-0.3, -0.25) is 0 Å². The molecule has 1 N–H and O–H groups in total. The first kappa shape index (κ1) is 12.1. The Balaban J connectivity index is 2.56. The highest BCUT2D eigenvalue weighted by Gasteiger charge is 2.00. The Labute approximate surface area is 92.6 Å². The second kappa shape index (κ2) is 6.46. The van der Waals surface area contributed by atoms with Crippen LogP contribution in [0.5, 0.6) is 5.75 Å². The monoisotopic (exact) mass is 207 g/mol. The zero-order chi connectivity index (χ0) is 11.1. The number of nitrogens with one attached hydrogen (secondary N) is 1. The first-order valence-corrected chi connectivity index (χ1v) is 5.71. The summed E-state index contributed by atoms with van der Waals surface area (Å²) in [5.74, 6) is 1.00. The van der Waals surface area contributed by atoms with Gasteiger partial charge in [0.1, 0.15) is 5.75 Å². The Morgan fingerprint density at radius 1 is 1.27 bits per heavy atom. The first-order chi connectivity index (χ1) is 7.27. The molecule has 15 heavy (non-hydrogen) atoms. The average molecular weight is 207 g/mol. The van der Waals surface area contributed by atoms with Crippen molar-refractivity contribution in [3.8, 4) is 5.75 Å². The van der Waals surface area contributed by atoms with Crippen LogP contribution < -0.4 is 10.1 Å². The van der Waals surface area contributed by atoms with Crippen LogP contribution in [0.4, 0.5) is 0 Å². The van der Waals surface area contributed by atoms with E-state index < -0.39 is 0 Å². The fraction of sp³-hybridized carbons (Fsp3) is 0.538. The summed E-state index contributed by atoms with van der Waals surface area (Å²) in [7, 11) is 0. The van der Waals surface area contributed by atoms with Crippen molar-refractivity contribution in [1.82, 2.24) is 5.32 Å². The van der Waals surface area contributed by atoms with Crippen LogP contribution in [0.15, 0.2) is 18.2 Å². The molecular formula is C13H21NO. The van der Waals surface area contributed by atoms with E-state index in [-0.39, 0.29) is 0 Å². The largest absolute Gasteiger partial charge is 0.494 e. The van der Waals surface area contributed by atoms with Crippen LogP contribution in [-0.4, -0.2) is 19.7 Å². The Hall–Kier alpha value is -1.02. The van der Waals surface area contributed by atoms with E-state index in [2.05, 4.69) is 37.4 Å². The minimum absolute atomic E-state index is 0.734. The van der Waals surface area contributed by atoms with Crippen molar-refractivity contribution < 1.29 is 4.74 Å². The molecule has 84 valence electrons. The Morgan fingerprint density at radius 2 is 2.07 bits per heavy atom. The number of likely N-dealkylation sites (N-methyl/N-ethyl adjacent to an activating group) is 1. The predicted octanol–water partition coefficient (Wildman–Crippen LogP) is 2.55. The molecule has 0 radical (unpaired) electrons. The maximum absolute atomic E-state index is 5.50. The van der Waals surface area contributed by atoms with Crippen LogP contribution in [0, 0.1) is 6.92 Å². The van der Waals surface area contributed by atoms with Crippen molar-refractivity contribution in [3.63, 3.8) is 0 Å². The lowest BCUT2D eigenvalue weighted by Gasteiger charge is -2.09. The lowest BCUT2D eigenvalue weighted by molar-refractivity contribution is 0.338. The molecule has 0 aliphatic carbocycles. The van der Waals surface area contributed by atoms with Gasteiger partial charge in [-0.15, -0.1) is 0 Å². The second-order valence-corrected chi connectivity index (χ2v) is 3.64. The van der Waals surface area contributed by atoms with Crippen LogP contribution in [0.3, 0.4) is 0 Å². The summed E-state index contributed by atoms with van der Waals surface area (Å²) in [5, 5.41) is 3.32. The third kappa shape index (κ3) is 3.92. The summed E-state index contributed by atoms with van der Waals surface area (Å²) in [6.07, 6.45) is 1.08. The summed E-state index contributed by atoms with van der Waals surface area (Å²) in [6.45, 7) is 9.06. The molecule has 1 aromatic carbocycles. The third-order valence-electron chi connectivity index (χ3n) is 2.38. The highest BCUT2D eigenvalue weighted by molar-refractivity contribution is 5.36. The van der Waals surface area contributed by atoms with Gasteiger partial charge < -0.3 is 10.1 Å². The van der Waals surface area contributed by atoms with Gasteiger partial charge in [0.25, 0.3) is 0 Å². The van der Waals surface area contributed by atoms with E-state index in [1.807, 2.05) is 6.92 Å². The zero-order valence-corrected chi connectivity index (χ0v) is 9.97. The van der Waals surface area contributed by atoms with Crippen molar-refractivity contribution in [2.75, 3.05) is 19.7 Å². The minimum Gasteiger partial charge on any atom is -0.494 e. The minimum atomic E-state index is 0.734. The molecule has 0 aliphatic rings. The topological polar surface area (TPSA) is 21.3 Å². The molecule has 0 amide bonds. The summed E-state index contributed by atoms with van der Waals surface area (Å²) >= 11 is 0. The van der Waals surface area contributed by atoms with Gasteiger partial charge in [-0.1, -0.05) is 19.1 Å². The molecule has 0 bridgehead atoms. The van der Waals surface area contributed by atoms with Crippen LogP contribution in [0.2, 0.25) is 0 Å². The lowest BCUT2D eigenvalue weighted by Crippen LogP contribution is -2.16. The van der Waals surface area contributed by atoms with Gasteiger partial charge in [-0.2, -0.15) is 0 Å². The van der Waals surface area contributed by atoms with Crippen LogP contribution in [0.25, 0.3) is 0 Å². The number of hydrogen-bond donors (Lipinski definition) is 1. The lowest BCUT2D eigenvalue weighted by atomic mass is 10.1. The van der Waals surface area contributed by atoms with E-state index in [0.717, 1.165) is 31.9 Å². The first-order valence-electron chi connectivity index (χ1n) is 5.71. The zero-order valence-electron chi connectivity index (χ0n) is 9.97. The molecule has 0 unspecified atom stereocenters. The van der Waals surface area contributed by atoms with Crippen molar-refractivity contribution >= 4 is 0 Å². The molecule has 0 fully saturated rings. The van der Waals surface area contributed by atoms with Gasteiger partial charge in [0.15, 0.2) is 0 Å². The number of benzene rings is 1.